The van der Waals surface area contributed by atoms with E-state index in [1.54, 1.807) is 0 Å². The average molecular weight is 147 g/mol. The lowest BCUT2D eigenvalue weighted by Gasteiger charge is -2.03. The van der Waals surface area contributed by atoms with Gasteiger partial charge in [-0.2, -0.15) is 12.6 Å². The standard InChI is InChI=1S/C5H11NS.C2H6/c1-6-3-2-5(7)4-6;1-2/h5,7H,2-4H2,1H3;1-2H3. The third-order valence-electron chi connectivity index (χ3n) is 1.37. The SMILES string of the molecule is CC.CN1CCC(S)C1. The van der Waals surface area contributed by atoms with Crippen LogP contribution >= 0.6 is 12.6 Å². The Morgan fingerprint density at radius 1 is 1.44 bits per heavy atom. The molecule has 0 aromatic carbocycles. The van der Waals surface area contributed by atoms with Crippen molar-refractivity contribution < 1.29 is 0 Å². The lowest BCUT2D eigenvalue weighted by Crippen LogP contribution is -2.13. The van der Waals surface area contributed by atoms with E-state index in [1.165, 1.54) is 19.5 Å². The van der Waals surface area contributed by atoms with Crippen molar-refractivity contribution in [1.82, 2.24) is 4.90 Å². The van der Waals surface area contributed by atoms with E-state index in [2.05, 4.69) is 24.6 Å². The van der Waals surface area contributed by atoms with Gasteiger partial charge in [0, 0.05) is 11.8 Å². The molecular formula is C7H17NS. The largest absolute Gasteiger partial charge is 0.305 e. The molecule has 2 heteroatoms. The van der Waals surface area contributed by atoms with Gasteiger partial charge in [0.15, 0.2) is 0 Å². The molecule has 56 valence electrons. The smallest absolute Gasteiger partial charge is 0.0156 e. The molecule has 1 atom stereocenters. The molecule has 1 fully saturated rings. The molecule has 1 rings (SSSR count). The van der Waals surface area contributed by atoms with Crippen molar-refractivity contribution in [2.75, 3.05) is 20.1 Å². The van der Waals surface area contributed by atoms with Crippen LogP contribution in [-0.4, -0.2) is 30.3 Å². The minimum absolute atomic E-state index is 0.644. The Morgan fingerprint density at radius 3 is 2.11 bits per heavy atom. The van der Waals surface area contributed by atoms with Crippen LogP contribution in [0, 0.1) is 0 Å². The van der Waals surface area contributed by atoms with Gasteiger partial charge < -0.3 is 4.90 Å². The summed E-state index contributed by atoms with van der Waals surface area (Å²) in [5, 5.41) is 0.644. The van der Waals surface area contributed by atoms with Crippen molar-refractivity contribution in [2.45, 2.75) is 25.5 Å². The Morgan fingerprint density at radius 2 is 2.00 bits per heavy atom. The van der Waals surface area contributed by atoms with Gasteiger partial charge >= 0.3 is 0 Å². The normalized spacial score (nSPS) is 27.3. The van der Waals surface area contributed by atoms with Gasteiger partial charge in [-0.25, -0.2) is 0 Å². The second-order valence-electron chi connectivity index (χ2n) is 2.20. The fraction of sp³-hybridized carbons (Fsp3) is 1.00. The van der Waals surface area contributed by atoms with Crippen molar-refractivity contribution in [1.29, 1.82) is 0 Å². The van der Waals surface area contributed by atoms with Gasteiger partial charge in [-0.15, -0.1) is 0 Å². The lowest BCUT2D eigenvalue weighted by molar-refractivity contribution is 0.419. The van der Waals surface area contributed by atoms with Gasteiger partial charge in [0.1, 0.15) is 0 Å². The number of nitrogens with zero attached hydrogens (tertiary/aromatic N) is 1. The molecule has 0 radical (unpaired) electrons. The van der Waals surface area contributed by atoms with Gasteiger partial charge in [-0.05, 0) is 20.0 Å². The number of likely N-dealkylation sites (tertiary alicyclic amines) is 1. The van der Waals surface area contributed by atoms with Crippen molar-refractivity contribution in [3.8, 4) is 0 Å². The van der Waals surface area contributed by atoms with Crippen LogP contribution < -0.4 is 0 Å². The van der Waals surface area contributed by atoms with Crippen LogP contribution in [0.25, 0.3) is 0 Å². The summed E-state index contributed by atoms with van der Waals surface area (Å²) in [6.07, 6.45) is 1.26. The zero-order valence-corrected chi connectivity index (χ0v) is 7.49. The first-order valence-corrected chi connectivity index (χ1v) is 4.17. The van der Waals surface area contributed by atoms with Gasteiger partial charge in [-0.3, -0.25) is 0 Å². The average Bonchev–Trinajstić information content (AvgIpc) is 2.20. The molecule has 0 N–H and O–H groups in total. The van der Waals surface area contributed by atoms with Gasteiger partial charge in [0.05, 0.1) is 0 Å². The zero-order valence-electron chi connectivity index (χ0n) is 6.59. The summed E-state index contributed by atoms with van der Waals surface area (Å²) < 4.78 is 0. The third-order valence-corrected chi connectivity index (χ3v) is 1.79. The van der Waals surface area contributed by atoms with Crippen LogP contribution in [0.3, 0.4) is 0 Å². The fourth-order valence-electron chi connectivity index (χ4n) is 0.912. The van der Waals surface area contributed by atoms with Crippen LogP contribution in [0.1, 0.15) is 20.3 Å². The van der Waals surface area contributed by atoms with Crippen LogP contribution in [0.15, 0.2) is 0 Å². The van der Waals surface area contributed by atoms with E-state index in [4.69, 9.17) is 0 Å². The summed E-state index contributed by atoms with van der Waals surface area (Å²) >= 11 is 4.31. The quantitative estimate of drug-likeness (QED) is 0.510. The highest BCUT2D eigenvalue weighted by atomic mass is 32.1. The monoisotopic (exact) mass is 147 g/mol. The highest BCUT2D eigenvalue weighted by molar-refractivity contribution is 7.81. The van der Waals surface area contributed by atoms with E-state index in [1.807, 2.05) is 13.8 Å². The molecule has 0 amide bonds. The topological polar surface area (TPSA) is 3.24 Å². The van der Waals surface area contributed by atoms with Crippen molar-refractivity contribution in [2.24, 2.45) is 0 Å². The second kappa shape index (κ2) is 5.12. The van der Waals surface area contributed by atoms with Gasteiger partial charge in [0.2, 0.25) is 0 Å². The molecule has 1 nitrogen and oxygen atoms in total. The summed E-state index contributed by atoms with van der Waals surface area (Å²) in [6.45, 7) is 6.40. The van der Waals surface area contributed by atoms with Crippen LogP contribution in [-0.2, 0) is 0 Å². The maximum Gasteiger partial charge on any atom is 0.0156 e. The summed E-state index contributed by atoms with van der Waals surface area (Å²) in [7, 11) is 2.14. The lowest BCUT2D eigenvalue weighted by atomic mass is 10.4. The van der Waals surface area contributed by atoms with E-state index in [-0.39, 0.29) is 0 Å². The zero-order chi connectivity index (χ0) is 7.28. The molecule has 1 heterocycles. The molecule has 0 saturated carbocycles. The van der Waals surface area contributed by atoms with Crippen molar-refractivity contribution in [3.63, 3.8) is 0 Å². The summed E-state index contributed by atoms with van der Waals surface area (Å²) in [4.78, 5) is 2.30. The first kappa shape index (κ1) is 9.31. The van der Waals surface area contributed by atoms with Crippen LogP contribution in [0.2, 0.25) is 0 Å². The Hall–Kier alpha value is 0.310. The summed E-state index contributed by atoms with van der Waals surface area (Å²) in [6, 6.07) is 0. The molecular weight excluding hydrogens is 130 g/mol. The van der Waals surface area contributed by atoms with E-state index >= 15 is 0 Å². The molecule has 1 aliphatic heterocycles. The van der Waals surface area contributed by atoms with Gasteiger partial charge in [-0.1, -0.05) is 13.8 Å². The Balaban J connectivity index is 0.000000291. The maximum absolute atomic E-state index is 4.31. The van der Waals surface area contributed by atoms with Crippen LogP contribution in [0.5, 0.6) is 0 Å². The number of thiol groups is 1. The molecule has 1 saturated heterocycles. The Labute approximate surface area is 63.8 Å². The molecule has 1 unspecified atom stereocenters. The minimum Gasteiger partial charge on any atom is -0.305 e. The number of hydrogen-bond acceptors (Lipinski definition) is 2. The highest BCUT2D eigenvalue weighted by Crippen LogP contribution is 2.10. The molecule has 0 spiro atoms. The predicted octanol–water partition coefficient (Wildman–Crippen LogP) is 1.65. The highest BCUT2D eigenvalue weighted by Gasteiger charge is 2.14. The second-order valence-corrected chi connectivity index (χ2v) is 2.94. The first-order chi connectivity index (χ1) is 4.29. The van der Waals surface area contributed by atoms with Crippen molar-refractivity contribution in [3.05, 3.63) is 0 Å². The maximum atomic E-state index is 4.31. The molecule has 0 aromatic heterocycles. The predicted molar refractivity (Wildman–Crippen MR) is 46.2 cm³/mol. The molecule has 0 aliphatic carbocycles. The summed E-state index contributed by atoms with van der Waals surface area (Å²) in [5.74, 6) is 0. The number of hydrogen-bond donors (Lipinski definition) is 1. The Kier molecular flexibility index (Phi) is 5.30. The van der Waals surface area contributed by atoms with Crippen LogP contribution in [0.4, 0.5) is 0 Å². The molecule has 9 heavy (non-hydrogen) atoms. The third kappa shape index (κ3) is 3.82. The molecule has 0 bridgehead atoms. The molecule has 1 aliphatic rings. The van der Waals surface area contributed by atoms with Crippen molar-refractivity contribution >= 4 is 12.6 Å². The summed E-state index contributed by atoms with van der Waals surface area (Å²) in [5.41, 5.74) is 0. The number of rotatable bonds is 0. The minimum atomic E-state index is 0.644. The van der Waals surface area contributed by atoms with E-state index in [9.17, 15) is 0 Å². The Bertz CT molecular complexity index is 57.9. The van der Waals surface area contributed by atoms with Gasteiger partial charge in [0.25, 0.3) is 0 Å². The fourth-order valence-corrected chi connectivity index (χ4v) is 1.31. The molecule has 0 aromatic rings. The van der Waals surface area contributed by atoms with E-state index in [0.717, 1.165) is 0 Å². The first-order valence-electron chi connectivity index (χ1n) is 3.65. The van der Waals surface area contributed by atoms with E-state index < -0.39 is 0 Å². The van der Waals surface area contributed by atoms with E-state index in [0.29, 0.717) is 5.25 Å².